The molecular formula is C21H17N3O4. The van der Waals surface area contributed by atoms with Crippen LogP contribution in [0.3, 0.4) is 0 Å². The van der Waals surface area contributed by atoms with Crippen molar-refractivity contribution in [3.05, 3.63) is 59.8 Å². The highest BCUT2D eigenvalue weighted by Gasteiger charge is 2.31. The second-order valence-electron chi connectivity index (χ2n) is 6.28. The minimum Gasteiger partial charge on any atom is -0.507 e. The first-order valence-electron chi connectivity index (χ1n) is 8.81. The third kappa shape index (κ3) is 3.07. The van der Waals surface area contributed by atoms with E-state index in [9.17, 15) is 14.7 Å². The molecule has 1 aliphatic heterocycles. The van der Waals surface area contributed by atoms with Crippen molar-refractivity contribution in [2.24, 2.45) is 4.99 Å². The molecule has 0 radical (unpaired) electrons. The smallest absolute Gasteiger partial charge is 0.339 e. The first kappa shape index (κ1) is 17.7. The van der Waals surface area contributed by atoms with Gasteiger partial charge in [-0.1, -0.05) is 24.3 Å². The van der Waals surface area contributed by atoms with E-state index in [0.29, 0.717) is 22.5 Å². The van der Waals surface area contributed by atoms with Gasteiger partial charge in [0.15, 0.2) is 0 Å². The Balaban J connectivity index is 1.70. The number of pyridine rings is 1. The first-order chi connectivity index (χ1) is 13.6. The van der Waals surface area contributed by atoms with Crippen LogP contribution in [0.25, 0.3) is 10.8 Å². The van der Waals surface area contributed by atoms with Crippen LogP contribution in [0.15, 0.2) is 53.7 Å². The number of aromatic nitrogens is 1. The summed E-state index contributed by atoms with van der Waals surface area (Å²) in [6.07, 6.45) is 2.90. The molecule has 1 amide bonds. The molecule has 28 heavy (non-hydrogen) atoms. The number of benzene rings is 2. The predicted molar refractivity (Wildman–Crippen MR) is 105 cm³/mol. The SMILES string of the molecule is CCOC(=O)c1cnc2c(c1)C(C=Nc1ccc(O)c3ccccc13)C(=O)N2. The lowest BCUT2D eigenvalue weighted by molar-refractivity contribution is -0.115. The van der Waals surface area contributed by atoms with Crippen molar-refractivity contribution in [1.29, 1.82) is 0 Å². The van der Waals surface area contributed by atoms with Gasteiger partial charge in [0.2, 0.25) is 5.91 Å². The van der Waals surface area contributed by atoms with Gasteiger partial charge in [0.1, 0.15) is 17.5 Å². The van der Waals surface area contributed by atoms with Crippen molar-refractivity contribution < 1.29 is 19.4 Å². The van der Waals surface area contributed by atoms with E-state index in [4.69, 9.17) is 4.74 Å². The Morgan fingerprint density at radius 2 is 2.07 bits per heavy atom. The van der Waals surface area contributed by atoms with E-state index in [0.717, 1.165) is 5.39 Å². The maximum absolute atomic E-state index is 12.4. The van der Waals surface area contributed by atoms with Crippen LogP contribution in [-0.4, -0.2) is 34.8 Å². The summed E-state index contributed by atoms with van der Waals surface area (Å²) in [6.45, 7) is 1.98. The minimum atomic E-state index is -0.676. The summed E-state index contributed by atoms with van der Waals surface area (Å²) in [5.41, 5.74) is 1.48. The molecule has 2 aromatic carbocycles. The van der Waals surface area contributed by atoms with Crippen molar-refractivity contribution >= 4 is 40.4 Å². The summed E-state index contributed by atoms with van der Waals surface area (Å²) in [6, 6.07) is 12.2. The van der Waals surface area contributed by atoms with E-state index in [1.165, 1.54) is 12.4 Å². The number of esters is 1. The van der Waals surface area contributed by atoms with E-state index in [2.05, 4.69) is 15.3 Å². The number of fused-ring (bicyclic) bond motifs is 2. The van der Waals surface area contributed by atoms with Crippen LogP contribution in [0.2, 0.25) is 0 Å². The highest BCUT2D eigenvalue weighted by atomic mass is 16.5. The van der Waals surface area contributed by atoms with E-state index >= 15 is 0 Å². The van der Waals surface area contributed by atoms with Crippen LogP contribution in [0.1, 0.15) is 28.8 Å². The monoisotopic (exact) mass is 375 g/mol. The van der Waals surface area contributed by atoms with Crippen LogP contribution < -0.4 is 5.32 Å². The molecule has 1 aromatic heterocycles. The lowest BCUT2D eigenvalue weighted by atomic mass is 10.0. The Bertz CT molecular complexity index is 1120. The van der Waals surface area contributed by atoms with Crippen LogP contribution in [0.4, 0.5) is 11.5 Å². The summed E-state index contributed by atoms with van der Waals surface area (Å²) < 4.78 is 5.00. The van der Waals surface area contributed by atoms with Crippen LogP contribution in [0, 0.1) is 0 Å². The zero-order valence-electron chi connectivity index (χ0n) is 15.0. The van der Waals surface area contributed by atoms with Gasteiger partial charge in [-0.25, -0.2) is 9.78 Å². The van der Waals surface area contributed by atoms with Crippen molar-refractivity contribution in [3.8, 4) is 5.75 Å². The fourth-order valence-corrected chi connectivity index (χ4v) is 3.17. The quantitative estimate of drug-likeness (QED) is 0.536. The van der Waals surface area contributed by atoms with Crippen molar-refractivity contribution in [2.75, 3.05) is 11.9 Å². The second kappa shape index (κ2) is 7.11. The Morgan fingerprint density at radius 3 is 2.86 bits per heavy atom. The molecule has 0 bridgehead atoms. The number of anilines is 1. The Morgan fingerprint density at radius 1 is 1.29 bits per heavy atom. The van der Waals surface area contributed by atoms with Crippen LogP contribution in [0.5, 0.6) is 5.75 Å². The second-order valence-corrected chi connectivity index (χ2v) is 6.28. The molecule has 0 spiro atoms. The van der Waals surface area contributed by atoms with Crippen molar-refractivity contribution in [1.82, 2.24) is 4.98 Å². The molecule has 2 N–H and O–H groups in total. The Hall–Kier alpha value is -3.74. The average molecular weight is 375 g/mol. The molecule has 1 unspecified atom stereocenters. The zero-order chi connectivity index (χ0) is 19.7. The van der Waals surface area contributed by atoms with Crippen molar-refractivity contribution in [3.63, 3.8) is 0 Å². The third-order valence-electron chi connectivity index (χ3n) is 4.53. The maximum atomic E-state index is 12.4. The standard InChI is InChI=1S/C21H17N3O4/c1-2-28-21(27)12-9-15-16(20(26)24-19(15)23-10-12)11-22-17-7-8-18(25)14-6-4-3-5-13(14)17/h3-11,16,25H,2H2,1H3,(H,23,24,26). The highest BCUT2D eigenvalue weighted by Crippen LogP contribution is 2.34. The molecule has 0 fully saturated rings. The van der Waals surface area contributed by atoms with Crippen LogP contribution >= 0.6 is 0 Å². The molecule has 2 heterocycles. The zero-order valence-corrected chi connectivity index (χ0v) is 15.0. The Kier molecular flexibility index (Phi) is 4.49. The molecule has 1 aliphatic rings. The molecule has 1 atom stereocenters. The number of amides is 1. The van der Waals surface area contributed by atoms with E-state index in [1.807, 2.05) is 18.2 Å². The fraction of sp³-hybridized carbons (Fsp3) is 0.143. The molecule has 0 aliphatic carbocycles. The number of carbonyl (C=O) groups excluding carboxylic acids is 2. The van der Waals surface area contributed by atoms with Gasteiger partial charge in [-0.05, 0) is 25.1 Å². The molecule has 0 saturated heterocycles. The lowest BCUT2D eigenvalue weighted by Gasteiger charge is -2.06. The average Bonchev–Trinajstić information content (AvgIpc) is 3.02. The molecule has 7 heteroatoms. The molecule has 140 valence electrons. The maximum Gasteiger partial charge on any atom is 0.339 e. The predicted octanol–water partition coefficient (Wildman–Crippen LogP) is 3.56. The number of aromatic hydroxyl groups is 1. The topological polar surface area (TPSA) is 101 Å². The van der Waals surface area contributed by atoms with Gasteiger partial charge in [-0.15, -0.1) is 0 Å². The summed E-state index contributed by atoms with van der Waals surface area (Å²) in [5.74, 6) is -0.857. The number of ether oxygens (including phenoxy) is 1. The summed E-state index contributed by atoms with van der Waals surface area (Å²) >= 11 is 0. The number of hydrogen-bond acceptors (Lipinski definition) is 6. The van der Waals surface area contributed by atoms with Gasteiger partial charge in [0, 0.05) is 28.7 Å². The van der Waals surface area contributed by atoms with Gasteiger partial charge in [0.05, 0.1) is 17.9 Å². The van der Waals surface area contributed by atoms with E-state index in [-0.39, 0.29) is 23.8 Å². The number of phenols is 1. The number of nitrogens with zero attached hydrogens (tertiary/aromatic N) is 2. The van der Waals surface area contributed by atoms with Gasteiger partial charge in [-0.2, -0.15) is 0 Å². The van der Waals surface area contributed by atoms with Gasteiger partial charge < -0.3 is 15.2 Å². The van der Waals surface area contributed by atoms with Gasteiger partial charge in [-0.3, -0.25) is 9.79 Å². The number of nitrogens with one attached hydrogen (secondary N) is 1. The fourth-order valence-electron chi connectivity index (χ4n) is 3.17. The number of carbonyl (C=O) groups is 2. The Labute approximate surface area is 160 Å². The number of aliphatic imine (C=N–C) groups is 1. The number of rotatable bonds is 4. The molecule has 4 rings (SSSR count). The van der Waals surface area contributed by atoms with E-state index < -0.39 is 11.9 Å². The number of phenolic OH excluding ortho intramolecular Hbond substituents is 1. The third-order valence-corrected chi connectivity index (χ3v) is 4.53. The van der Waals surface area contributed by atoms with Crippen molar-refractivity contribution in [2.45, 2.75) is 12.8 Å². The van der Waals surface area contributed by atoms with Gasteiger partial charge >= 0.3 is 5.97 Å². The summed E-state index contributed by atoms with van der Waals surface area (Å²) in [4.78, 5) is 33.0. The molecule has 3 aromatic rings. The first-order valence-corrected chi connectivity index (χ1v) is 8.81. The van der Waals surface area contributed by atoms with Gasteiger partial charge in [0.25, 0.3) is 0 Å². The highest BCUT2D eigenvalue weighted by molar-refractivity contribution is 6.13. The van der Waals surface area contributed by atoms with Crippen LogP contribution in [-0.2, 0) is 9.53 Å². The molecule has 7 nitrogen and oxygen atoms in total. The molecular weight excluding hydrogens is 358 g/mol. The molecule has 0 saturated carbocycles. The summed E-state index contributed by atoms with van der Waals surface area (Å²) in [7, 11) is 0. The normalized spacial score (nSPS) is 15.6. The van der Waals surface area contributed by atoms with E-state index in [1.54, 1.807) is 31.2 Å². The minimum absolute atomic E-state index is 0.168. The largest absolute Gasteiger partial charge is 0.507 e. The lowest BCUT2D eigenvalue weighted by Crippen LogP contribution is -2.13. The summed E-state index contributed by atoms with van der Waals surface area (Å²) in [5, 5.41) is 14.2. The number of hydrogen-bond donors (Lipinski definition) is 2.